The Morgan fingerprint density at radius 3 is 2.80 bits per heavy atom. The molecule has 0 unspecified atom stereocenters. The molecule has 7 heteroatoms. The van der Waals surface area contributed by atoms with E-state index in [4.69, 9.17) is 20.6 Å². The predicted octanol–water partition coefficient (Wildman–Crippen LogP) is 3.99. The van der Waals surface area contributed by atoms with Crippen LogP contribution in [-0.4, -0.2) is 42.9 Å². The predicted molar refractivity (Wildman–Crippen MR) is 113 cm³/mol. The molecular formula is C23H22FN3O3. The van der Waals surface area contributed by atoms with E-state index in [9.17, 15) is 4.39 Å². The van der Waals surface area contributed by atoms with Crippen LogP contribution in [0.3, 0.4) is 0 Å². The van der Waals surface area contributed by atoms with Crippen LogP contribution in [0.25, 0.3) is 22.0 Å². The molecule has 1 aromatic heterocycles. The van der Waals surface area contributed by atoms with Crippen LogP contribution in [0.1, 0.15) is 18.9 Å². The number of nitrogens with one attached hydrogen (secondary N) is 1. The van der Waals surface area contributed by atoms with Gasteiger partial charge in [0.05, 0.1) is 18.2 Å². The van der Waals surface area contributed by atoms with Crippen LogP contribution in [0, 0.1) is 18.2 Å². The average Bonchev–Trinajstić information content (AvgIpc) is 3.28. The molecule has 3 aromatic rings. The van der Waals surface area contributed by atoms with E-state index >= 15 is 0 Å². The monoisotopic (exact) mass is 407 g/mol. The molecule has 0 amide bonds. The fourth-order valence-corrected chi connectivity index (χ4v) is 3.43. The van der Waals surface area contributed by atoms with Gasteiger partial charge in [-0.3, -0.25) is 0 Å². The Labute approximate surface area is 174 Å². The lowest BCUT2D eigenvalue weighted by Gasteiger charge is -2.17. The van der Waals surface area contributed by atoms with E-state index in [1.165, 1.54) is 6.07 Å². The molecule has 6 nitrogen and oxygen atoms in total. The summed E-state index contributed by atoms with van der Waals surface area (Å²) < 4.78 is 31.3. The Balaban J connectivity index is 1.81. The summed E-state index contributed by atoms with van der Waals surface area (Å²) in [5, 5.41) is 13.9. The van der Waals surface area contributed by atoms with Gasteiger partial charge in [0.2, 0.25) is 0 Å². The maximum atomic E-state index is 15.0. The average molecular weight is 407 g/mol. The zero-order valence-corrected chi connectivity index (χ0v) is 16.7. The molecular weight excluding hydrogens is 385 g/mol. The molecule has 2 heterocycles. The number of anilines is 1. The fraction of sp³-hybridized carbons (Fsp3) is 0.304. The molecule has 0 bridgehead atoms. The molecule has 1 fully saturated rings. The molecule has 0 spiro atoms. The molecule has 1 N–H and O–H groups in total. The second kappa shape index (κ2) is 9.08. The standard InChI is InChI=1S/C23H22FN3O3/c1-3-15-9-10-19(22(20(15)24)30-14-28-4-2)21-17-7-5-6-8-18(17)23(27-26-21)25-16-11-12-29-13-16/h1,5-10,16H,4,11-14H2,2H3,(H,25,27)/t16-/m1/s1. The zero-order chi connectivity index (χ0) is 20.9. The maximum absolute atomic E-state index is 15.0. The van der Waals surface area contributed by atoms with Gasteiger partial charge >= 0.3 is 0 Å². The minimum Gasteiger partial charge on any atom is -0.464 e. The smallest absolute Gasteiger partial charge is 0.189 e. The van der Waals surface area contributed by atoms with Crippen LogP contribution in [-0.2, 0) is 9.47 Å². The third kappa shape index (κ3) is 3.92. The molecule has 1 aliphatic rings. The summed E-state index contributed by atoms with van der Waals surface area (Å²) in [6.45, 7) is 3.54. The highest BCUT2D eigenvalue weighted by atomic mass is 19.1. The first-order chi connectivity index (χ1) is 14.7. The summed E-state index contributed by atoms with van der Waals surface area (Å²) in [5.41, 5.74) is 1.08. The molecule has 2 aromatic carbocycles. The number of halogens is 1. The molecule has 0 radical (unpaired) electrons. The normalized spacial score (nSPS) is 15.8. The van der Waals surface area contributed by atoms with Gasteiger partial charge in [0.15, 0.2) is 24.2 Å². The second-order valence-corrected chi connectivity index (χ2v) is 6.85. The van der Waals surface area contributed by atoms with Gasteiger partial charge in [-0.2, -0.15) is 0 Å². The van der Waals surface area contributed by atoms with Gasteiger partial charge in [0.25, 0.3) is 0 Å². The first kappa shape index (κ1) is 20.1. The first-order valence-corrected chi connectivity index (χ1v) is 9.82. The minimum absolute atomic E-state index is 0.00301. The van der Waals surface area contributed by atoms with E-state index in [0.29, 0.717) is 30.3 Å². The number of terminal acetylenes is 1. The van der Waals surface area contributed by atoms with Crippen molar-refractivity contribution in [2.75, 3.05) is 31.9 Å². The highest BCUT2D eigenvalue weighted by Gasteiger charge is 2.22. The Hall–Kier alpha value is -3.21. The number of aromatic nitrogens is 2. The molecule has 30 heavy (non-hydrogen) atoms. The van der Waals surface area contributed by atoms with E-state index in [1.807, 2.05) is 31.2 Å². The van der Waals surface area contributed by atoms with Gasteiger partial charge < -0.3 is 19.5 Å². The summed E-state index contributed by atoms with van der Waals surface area (Å²) in [5.74, 6) is 2.39. The van der Waals surface area contributed by atoms with E-state index in [2.05, 4.69) is 21.4 Å². The number of fused-ring (bicyclic) bond motifs is 1. The molecule has 1 atom stereocenters. The third-order valence-electron chi connectivity index (χ3n) is 4.96. The minimum atomic E-state index is -0.620. The molecule has 154 valence electrons. The lowest BCUT2D eigenvalue weighted by Crippen LogP contribution is -2.20. The molecule has 1 saturated heterocycles. The van der Waals surface area contributed by atoms with Crippen molar-refractivity contribution in [3.63, 3.8) is 0 Å². The van der Waals surface area contributed by atoms with Crippen molar-refractivity contribution in [3.8, 4) is 29.4 Å². The van der Waals surface area contributed by atoms with Gasteiger partial charge in [-0.05, 0) is 25.5 Å². The van der Waals surface area contributed by atoms with E-state index in [1.54, 1.807) is 6.07 Å². The molecule has 4 rings (SSSR count). The Morgan fingerprint density at radius 2 is 2.07 bits per heavy atom. The van der Waals surface area contributed by atoms with Gasteiger partial charge in [-0.25, -0.2) is 4.39 Å². The molecule has 1 aliphatic heterocycles. The number of rotatable bonds is 7. The van der Waals surface area contributed by atoms with Crippen LogP contribution in [0.15, 0.2) is 36.4 Å². The van der Waals surface area contributed by atoms with Gasteiger partial charge in [0, 0.05) is 29.5 Å². The van der Waals surface area contributed by atoms with Crippen molar-refractivity contribution < 1.29 is 18.6 Å². The van der Waals surface area contributed by atoms with Crippen molar-refractivity contribution in [2.45, 2.75) is 19.4 Å². The zero-order valence-electron chi connectivity index (χ0n) is 16.7. The summed E-state index contributed by atoms with van der Waals surface area (Å²) in [4.78, 5) is 0. The van der Waals surface area contributed by atoms with Gasteiger partial charge in [-0.15, -0.1) is 16.6 Å². The van der Waals surface area contributed by atoms with Crippen LogP contribution in [0.5, 0.6) is 5.75 Å². The quantitative estimate of drug-likeness (QED) is 0.363. The Bertz CT molecular complexity index is 1090. The largest absolute Gasteiger partial charge is 0.464 e. The summed E-state index contributed by atoms with van der Waals surface area (Å²) >= 11 is 0. The Kier molecular flexibility index (Phi) is 6.07. The van der Waals surface area contributed by atoms with Crippen molar-refractivity contribution >= 4 is 16.6 Å². The maximum Gasteiger partial charge on any atom is 0.189 e. The van der Waals surface area contributed by atoms with Crippen molar-refractivity contribution in [2.24, 2.45) is 0 Å². The van der Waals surface area contributed by atoms with Crippen molar-refractivity contribution in [3.05, 3.63) is 47.8 Å². The summed E-state index contributed by atoms with van der Waals surface area (Å²) in [7, 11) is 0. The lowest BCUT2D eigenvalue weighted by molar-refractivity contribution is 0.0204. The molecule has 0 aliphatic carbocycles. The summed E-state index contributed by atoms with van der Waals surface area (Å²) in [6.07, 6.45) is 6.34. The van der Waals surface area contributed by atoms with E-state index in [-0.39, 0.29) is 24.1 Å². The summed E-state index contributed by atoms with van der Waals surface area (Å²) in [6, 6.07) is 11.1. The van der Waals surface area contributed by atoms with Gasteiger partial charge in [-0.1, -0.05) is 30.2 Å². The fourth-order valence-electron chi connectivity index (χ4n) is 3.43. The second-order valence-electron chi connectivity index (χ2n) is 6.85. The van der Waals surface area contributed by atoms with E-state index < -0.39 is 5.82 Å². The third-order valence-corrected chi connectivity index (χ3v) is 4.96. The van der Waals surface area contributed by atoms with Crippen molar-refractivity contribution in [1.82, 2.24) is 10.2 Å². The Morgan fingerprint density at radius 1 is 1.23 bits per heavy atom. The van der Waals surface area contributed by atoms with Crippen LogP contribution in [0.2, 0.25) is 0 Å². The number of hydrogen-bond acceptors (Lipinski definition) is 6. The highest BCUT2D eigenvalue weighted by Crippen LogP contribution is 2.38. The number of benzene rings is 2. The van der Waals surface area contributed by atoms with Gasteiger partial charge in [0.1, 0.15) is 5.69 Å². The van der Waals surface area contributed by atoms with Crippen molar-refractivity contribution in [1.29, 1.82) is 0 Å². The SMILES string of the molecule is C#Cc1ccc(-c2nnc(N[C@@H]3CCOC3)c3ccccc23)c(OCOCC)c1F. The van der Waals surface area contributed by atoms with Crippen LogP contribution >= 0.6 is 0 Å². The van der Waals surface area contributed by atoms with Crippen LogP contribution in [0.4, 0.5) is 10.2 Å². The van der Waals surface area contributed by atoms with Crippen LogP contribution < -0.4 is 10.1 Å². The lowest BCUT2D eigenvalue weighted by atomic mass is 10.0. The molecule has 0 saturated carbocycles. The number of nitrogens with zero attached hydrogens (tertiary/aromatic N) is 2. The van der Waals surface area contributed by atoms with E-state index in [0.717, 1.165) is 23.8 Å². The topological polar surface area (TPSA) is 65.5 Å². The highest BCUT2D eigenvalue weighted by molar-refractivity contribution is 6.01. The number of ether oxygens (including phenoxy) is 3. The first-order valence-electron chi connectivity index (χ1n) is 9.82. The number of hydrogen-bond donors (Lipinski definition) is 1.